The lowest BCUT2D eigenvalue weighted by Gasteiger charge is -2.26. The topological polar surface area (TPSA) is 27.1 Å². The molecule has 1 atom stereocenters. The normalized spacial score (nSPS) is 13.8. The third-order valence-electron chi connectivity index (χ3n) is 3.86. The second kappa shape index (κ2) is 6.37. The zero-order valence-electron chi connectivity index (χ0n) is 13.6. The van der Waals surface area contributed by atoms with Gasteiger partial charge in [-0.05, 0) is 43.4 Å². The summed E-state index contributed by atoms with van der Waals surface area (Å²) >= 11 is 6.34. The van der Waals surface area contributed by atoms with Gasteiger partial charge in [-0.2, -0.15) is 0 Å². The number of hydrogen-bond donors (Lipinski definition) is 0. The first-order valence-corrected chi connectivity index (χ1v) is 7.87. The van der Waals surface area contributed by atoms with E-state index in [2.05, 4.69) is 43.5 Å². The van der Waals surface area contributed by atoms with Crippen molar-refractivity contribution in [2.75, 3.05) is 13.7 Å². The van der Waals surface area contributed by atoms with Gasteiger partial charge in [0.05, 0.1) is 16.4 Å². The van der Waals surface area contributed by atoms with Gasteiger partial charge >= 0.3 is 0 Å². The molecule has 0 aliphatic heterocycles. The smallest absolute Gasteiger partial charge is 0.127 e. The molecule has 0 radical (unpaired) electrons. The highest BCUT2D eigenvalue weighted by Crippen LogP contribution is 2.30. The number of ether oxygens (including phenoxy) is 1. The Morgan fingerprint density at radius 2 is 2.10 bits per heavy atom. The van der Waals surface area contributed by atoms with E-state index in [0.717, 1.165) is 36.4 Å². The Bertz CT molecular complexity index is 617. The lowest BCUT2D eigenvalue weighted by molar-refractivity contribution is 0.142. The molecule has 3 nitrogen and oxygen atoms in total. The number of hydrogen-bond acceptors (Lipinski definition) is 2. The SMILES string of the molecule is COCCC(C)(C)Cn1c(C(C)Cl)nc2cc(C)ccc21. The summed E-state index contributed by atoms with van der Waals surface area (Å²) in [6.45, 7) is 10.2. The largest absolute Gasteiger partial charge is 0.385 e. The predicted octanol–water partition coefficient (Wildman–Crippen LogP) is 4.71. The fourth-order valence-electron chi connectivity index (χ4n) is 2.61. The number of rotatable bonds is 6. The Kier molecular flexibility index (Phi) is 4.95. The maximum Gasteiger partial charge on any atom is 0.127 e. The van der Waals surface area contributed by atoms with E-state index in [-0.39, 0.29) is 10.8 Å². The average molecular weight is 309 g/mol. The van der Waals surface area contributed by atoms with E-state index in [1.165, 1.54) is 5.56 Å². The second-order valence-electron chi connectivity index (χ2n) is 6.57. The third kappa shape index (κ3) is 3.78. The van der Waals surface area contributed by atoms with Gasteiger partial charge < -0.3 is 9.30 Å². The van der Waals surface area contributed by atoms with Crippen LogP contribution in [-0.2, 0) is 11.3 Å². The molecule has 2 aromatic rings. The maximum atomic E-state index is 6.34. The van der Waals surface area contributed by atoms with Gasteiger partial charge in [0.15, 0.2) is 0 Å². The van der Waals surface area contributed by atoms with E-state index < -0.39 is 0 Å². The molecule has 0 amide bonds. The van der Waals surface area contributed by atoms with Crippen LogP contribution in [0.25, 0.3) is 11.0 Å². The van der Waals surface area contributed by atoms with E-state index in [1.807, 2.05) is 6.92 Å². The molecule has 0 saturated heterocycles. The minimum absolute atomic E-state index is 0.101. The van der Waals surface area contributed by atoms with Crippen molar-refractivity contribution in [1.82, 2.24) is 9.55 Å². The highest BCUT2D eigenvalue weighted by Gasteiger charge is 2.23. The van der Waals surface area contributed by atoms with Crippen molar-refractivity contribution in [3.05, 3.63) is 29.6 Å². The van der Waals surface area contributed by atoms with E-state index in [1.54, 1.807) is 7.11 Å². The van der Waals surface area contributed by atoms with Crippen molar-refractivity contribution in [3.63, 3.8) is 0 Å². The lowest BCUT2D eigenvalue weighted by atomic mass is 9.89. The molecule has 0 spiro atoms. The van der Waals surface area contributed by atoms with E-state index in [0.29, 0.717) is 0 Å². The van der Waals surface area contributed by atoms with Crippen molar-refractivity contribution < 1.29 is 4.74 Å². The number of alkyl halides is 1. The molecule has 0 aliphatic rings. The van der Waals surface area contributed by atoms with Crippen molar-refractivity contribution in [2.24, 2.45) is 5.41 Å². The summed E-state index contributed by atoms with van der Waals surface area (Å²) in [7, 11) is 1.75. The molecule has 1 aromatic heterocycles. The van der Waals surface area contributed by atoms with Crippen LogP contribution in [-0.4, -0.2) is 23.3 Å². The molecular weight excluding hydrogens is 284 g/mol. The van der Waals surface area contributed by atoms with Gasteiger partial charge in [0.25, 0.3) is 0 Å². The summed E-state index contributed by atoms with van der Waals surface area (Å²) in [5, 5.41) is -0.101. The Morgan fingerprint density at radius 1 is 1.38 bits per heavy atom. The summed E-state index contributed by atoms with van der Waals surface area (Å²) in [5.41, 5.74) is 3.54. The van der Waals surface area contributed by atoms with Crippen LogP contribution in [0.5, 0.6) is 0 Å². The fourth-order valence-corrected chi connectivity index (χ4v) is 2.78. The molecule has 2 rings (SSSR count). The van der Waals surface area contributed by atoms with E-state index in [9.17, 15) is 0 Å². The van der Waals surface area contributed by atoms with Crippen LogP contribution in [0.15, 0.2) is 18.2 Å². The van der Waals surface area contributed by atoms with Crippen LogP contribution in [0.2, 0.25) is 0 Å². The van der Waals surface area contributed by atoms with Crippen LogP contribution in [0.1, 0.15) is 44.0 Å². The van der Waals surface area contributed by atoms with Gasteiger partial charge in [-0.3, -0.25) is 0 Å². The number of nitrogens with zero attached hydrogens (tertiary/aromatic N) is 2. The molecule has 0 saturated carbocycles. The predicted molar refractivity (Wildman–Crippen MR) is 89.0 cm³/mol. The van der Waals surface area contributed by atoms with Crippen LogP contribution in [0, 0.1) is 12.3 Å². The van der Waals surface area contributed by atoms with Crippen molar-refractivity contribution >= 4 is 22.6 Å². The summed E-state index contributed by atoms with van der Waals surface area (Å²) in [6, 6.07) is 6.40. The number of aromatic nitrogens is 2. The van der Waals surface area contributed by atoms with E-state index >= 15 is 0 Å². The highest BCUT2D eigenvalue weighted by atomic mass is 35.5. The number of aryl methyl sites for hydroxylation is 1. The Labute approximate surface area is 132 Å². The molecule has 1 unspecified atom stereocenters. The Hall–Kier alpha value is -1.06. The molecule has 0 bridgehead atoms. The molecule has 116 valence electrons. The molecule has 0 aliphatic carbocycles. The lowest BCUT2D eigenvalue weighted by Crippen LogP contribution is -2.23. The molecule has 1 aromatic carbocycles. The van der Waals surface area contributed by atoms with Crippen LogP contribution >= 0.6 is 11.6 Å². The first kappa shape index (κ1) is 16.3. The molecule has 0 N–H and O–H groups in total. The van der Waals surface area contributed by atoms with Crippen molar-refractivity contribution in [1.29, 1.82) is 0 Å². The van der Waals surface area contributed by atoms with Gasteiger partial charge in [0.2, 0.25) is 0 Å². The number of imidazole rings is 1. The molecular formula is C17H25ClN2O. The van der Waals surface area contributed by atoms with Crippen LogP contribution in [0.3, 0.4) is 0 Å². The highest BCUT2D eigenvalue weighted by molar-refractivity contribution is 6.20. The number of halogens is 1. The van der Waals surface area contributed by atoms with Gasteiger partial charge in [0, 0.05) is 20.3 Å². The standard InChI is InChI=1S/C17H25ClN2O/c1-12-6-7-15-14(10-12)19-16(13(2)18)20(15)11-17(3,4)8-9-21-5/h6-7,10,13H,8-9,11H2,1-5H3. The third-order valence-corrected chi connectivity index (χ3v) is 4.05. The van der Waals surface area contributed by atoms with Crippen molar-refractivity contribution in [2.45, 2.75) is 46.0 Å². The van der Waals surface area contributed by atoms with E-state index in [4.69, 9.17) is 21.3 Å². The fraction of sp³-hybridized carbons (Fsp3) is 0.588. The van der Waals surface area contributed by atoms with Crippen molar-refractivity contribution in [3.8, 4) is 0 Å². The number of methoxy groups -OCH3 is 1. The minimum atomic E-state index is -0.101. The Morgan fingerprint density at radius 3 is 2.71 bits per heavy atom. The molecule has 0 fully saturated rings. The minimum Gasteiger partial charge on any atom is -0.385 e. The zero-order chi connectivity index (χ0) is 15.6. The average Bonchev–Trinajstić information content (AvgIpc) is 2.74. The first-order valence-electron chi connectivity index (χ1n) is 7.44. The molecule has 1 heterocycles. The van der Waals surface area contributed by atoms with Gasteiger partial charge in [0.1, 0.15) is 5.82 Å². The zero-order valence-corrected chi connectivity index (χ0v) is 14.4. The monoisotopic (exact) mass is 308 g/mol. The summed E-state index contributed by atoms with van der Waals surface area (Å²) in [6.07, 6.45) is 1.01. The molecule has 4 heteroatoms. The Balaban J connectivity index is 2.43. The summed E-state index contributed by atoms with van der Waals surface area (Å²) < 4.78 is 7.49. The first-order chi connectivity index (χ1) is 9.84. The molecule has 21 heavy (non-hydrogen) atoms. The quantitative estimate of drug-likeness (QED) is 0.723. The second-order valence-corrected chi connectivity index (χ2v) is 7.23. The van der Waals surface area contributed by atoms with Gasteiger partial charge in [-0.15, -0.1) is 11.6 Å². The van der Waals surface area contributed by atoms with Crippen LogP contribution in [0.4, 0.5) is 0 Å². The number of fused-ring (bicyclic) bond motifs is 1. The van der Waals surface area contributed by atoms with Gasteiger partial charge in [-0.25, -0.2) is 4.98 Å². The number of benzene rings is 1. The maximum absolute atomic E-state index is 6.34. The van der Waals surface area contributed by atoms with Gasteiger partial charge in [-0.1, -0.05) is 19.9 Å². The summed E-state index contributed by atoms with van der Waals surface area (Å²) in [4.78, 5) is 4.74. The van der Waals surface area contributed by atoms with Crippen LogP contribution < -0.4 is 0 Å². The summed E-state index contributed by atoms with van der Waals surface area (Å²) in [5.74, 6) is 0.947.